The minimum atomic E-state index is -0.369. The average molecular weight is 289 g/mol. The Labute approximate surface area is 124 Å². The van der Waals surface area contributed by atoms with E-state index in [0.29, 0.717) is 12.3 Å². The third kappa shape index (κ3) is 3.45. The fraction of sp³-hybridized carbons (Fsp3) is 0.312. The molecule has 0 radical (unpaired) electrons. The fourth-order valence-corrected chi connectivity index (χ4v) is 2.44. The van der Waals surface area contributed by atoms with Gasteiger partial charge in [-0.25, -0.2) is 4.79 Å². The van der Waals surface area contributed by atoms with E-state index < -0.39 is 0 Å². The van der Waals surface area contributed by atoms with E-state index in [1.165, 1.54) is 5.56 Å². The molecule has 20 heavy (non-hydrogen) atoms. The van der Waals surface area contributed by atoms with Gasteiger partial charge in [0.1, 0.15) is 5.69 Å². The molecule has 3 nitrogen and oxygen atoms in total. The first-order chi connectivity index (χ1) is 9.53. The topological polar surface area (TPSA) is 42.1 Å². The van der Waals surface area contributed by atoms with Gasteiger partial charge in [0.15, 0.2) is 0 Å². The van der Waals surface area contributed by atoms with Gasteiger partial charge in [0, 0.05) is 5.69 Å². The van der Waals surface area contributed by atoms with Crippen LogP contribution >= 0.6 is 12.6 Å². The van der Waals surface area contributed by atoms with Crippen molar-refractivity contribution in [1.29, 1.82) is 0 Å². The van der Waals surface area contributed by atoms with Gasteiger partial charge in [-0.3, -0.25) is 0 Å². The van der Waals surface area contributed by atoms with Crippen molar-refractivity contribution in [3.05, 3.63) is 59.4 Å². The van der Waals surface area contributed by atoms with Crippen LogP contribution in [-0.2, 0) is 15.9 Å². The highest BCUT2D eigenvalue weighted by molar-refractivity contribution is 7.81. The van der Waals surface area contributed by atoms with E-state index in [1.54, 1.807) is 13.0 Å². The number of carbonyl (C=O) groups excluding carboxylic acids is 1. The second-order valence-corrected chi connectivity index (χ2v) is 5.93. The molecule has 0 amide bonds. The molecule has 1 atom stereocenters. The molecule has 0 saturated heterocycles. The van der Waals surface area contributed by atoms with Crippen molar-refractivity contribution in [2.45, 2.75) is 25.0 Å². The van der Waals surface area contributed by atoms with Crippen LogP contribution < -0.4 is 0 Å². The molecule has 1 N–H and O–H groups in total. The number of ether oxygens (including phenoxy) is 1. The van der Waals surface area contributed by atoms with E-state index in [2.05, 4.69) is 17.1 Å². The van der Waals surface area contributed by atoms with Crippen LogP contribution in [0, 0.1) is 0 Å². The Morgan fingerprint density at radius 3 is 2.60 bits per heavy atom. The van der Waals surface area contributed by atoms with Crippen molar-refractivity contribution < 1.29 is 9.53 Å². The number of nitrogens with one attached hydrogen (secondary N) is 1. The van der Waals surface area contributed by atoms with Gasteiger partial charge in [-0.1, -0.05) is 30.3 Å². The Morgan fingerprint density at radius 1 is 1.25 bits per heavy atom. The lowest BCUT2D eigenvalue weighted by atomic mass is 9.97. The van der Waals surface area contributed by atoms with E-state index in [4.69, 9.17) is 17.4 Å². The summed E-state index contributed by atoms with van der Waals surface area (Å²) in [6, 6.07) is 13.8. The third-order valence-electron chi connectivity index (χ3n) is 3.15. The molecule has 0 spiro atoms. The van der Waals surface area contributed by atoms with Gasteiger partial charge in [-0.15, -0.1) is 0 Å². The number of hydrogen-bond donors (Lipinski definition) is 2. The predicted octanol–water partition coefficient (Wildman–Crippen LogP) is 3.58. The van der Waals surface area contributed by atoms with Crippen LogP contribution in [0.1, 0.15) is 35.6 Å². The second-order valence-electron chi connectivity index (χ2n) is 4.94. The van der Waals surface area contributed by atoms with Crippen molar-refractivity contribution >= 4 is 18.6 Å². The number of H-pyrrole nitrogens is 1. The van der Waals surface area contributed by atoms with Crippen LogP contribution in [0.25, 0.3) is 0 Å². The van der Waals surface area contributed by atoms with Crippen LogP contribution in [0.5, 0.6) is 0 Å². The summed E-state index contributed by atoms with van der Waals surface area (Å²) in [7, 11) is 0. The maximum absolute atomic E-state index is 11.7. The largest absolute Gasteiger partial charge is 0.461 e. The number of aromatic amines is 1. The Morgan fingerprint density at radius 2 is 1.95 bits per heavy atom. The van der Waals surface area contributed by atoms with Gasteiger partial charge >= 0.3 is 5.97 Å². The Bertz CT molecular complexity index is 575. The number of benzene rings is 1. The molecule has 4 heteroatoms. The lowest BCUT2D eigenvalue weighted by molar-refractivity contribution is 0.0520. The first-order valence-electron chi connectivity index (χ1n) is 6.66. The Hall–Kier alpha value is -1.68. The number of esters is 1. The number of aromatic nitrogens is 1. The Kier molecular flexibility index (Phi) is 4.55. The van der Waals surface area contributed by atoms with Gasteiger partial charge in [0.2, 0.25) is 0 Å². The van der Waals surface area contributed by atoms with E-state index in [-0.39, 0.29) is 10.7 Å². The summed E-state index contributed by atoms with van der Waals surface area (Å²) in [6.07, 6.45) is 0.778. The molecular weight excluding hydrogens is 270 g/mol. The minimum Gasteiger partial charge on any atom is -0.461 e. The lowest BCUT2D eigenvalue weighted by Gasteiger charge is -2.22. The number of hydrogen-bond acceptors (Lipinski definition) is 3. The molecule has 106 valence electrons. The maximum atomic E-state index is 11.7. The summed E-state index contributed by atoms with van der Waals surface area (Å²) in [5.74, 6) is -0.331. The van der Waals surface area contributed by atoms with Crippen molar-refractivity contribution in [1.82, 2.24) is 4.98 Å². The number of rotatable bonds is 5. The highest BCUT2D eigenvalue weighted by Crippen LogP contribution is 2.31. The van der Waals surface area contributed by atoms with Crippen LogP contribution in [0.3, 0.4) is 0 Å². The summed E-state index contributed by atoms with van der Waals surface area (Å²) < 4.78 is 4.61. The van der Waals surface area contributed by atoms with Crippen LogP contribution in [0.15, 0.2) is 42.5 Å². The standard InChI is InChI=1S/C16H19NO2S/c1-3-19-15(18)13-9-10-14(17-13)16(2,20)11-12-7-5-4-6-8-12/h4-10,17,20H,3,11H2,1-2H3. The summed E-state index contributed by atoms with van der Waals surface area (Å²) in [5, 5.41) is 0. The minimum absolute atomic E-state index is 0.331. The van der Waals surface area contributed by atoms with Crippen molar-refractivity contribution in [2.24, 2.45) is 0 Å². The molecule has 1 aromatic heterocycles. The average Bonchev–Trinajstić information content (AvgIpc) is 2.90. The molecule has 2 rings (SSSR count). The molecule has 0 bridgehead atoms. The molecule has 1 heterocycles. The summed E-state index contributed by atoms with van der Waals surface area (Å²) in [5.41, 5.74) is 2.58. The lowest BCUT2D eigenvalue weighted by Crippen LogP contribution is -2.18. The van der Waals surface area contributed by atoms with Gasteiger partial charge < -0.3 is 9.72 Å². The highest BCUT2D eigenvalue weighted by Gasteiger charge is 2.25. The molecular formula is C16H19NO2S. The van der Waals surface area contributed by atoms with Crippen LogP contribution in [0.4, 0.5) is 0 Å². The van der Waals surface area contributed by atoms with Crippen molar-refractivity contribution in [3.63, 3.8) is 0 Å². The zero-order valence-electron chi connectivity index (χ0n) is 11.7. The summed E-state index contributed by atoms with van der Waals surface area (Å²) in [6.45, 7) is 4.19. The molecule has 1 aromatic carbocycles. The molecule has 0 aliphatic carbocycles. The van der Waals surface area contributed by atoms with Crippen molar-refractivity contribution in [3.8, 4) is 0 Å². The van der Waals surface area contributed by atoms with Crippen molar-refractivity contribution in [2.75, 3.05) is 6.61 Å². The first kappa shape index (κ1) is 14.7. The zero-order valence-corrected chi connectivity index (χ0v) is 12.6. The van der Waals surface area contributed by atoms with Gasteiger partial charge in [0.05, 0.1) is 11.4 Å². The van der Waals surface area contributed by atoms with Gasteiger partial charge in [0.25, 0.3) is 0 Å². The van der Waals surface area contributed by atoms with Crippen LogP contribution in [-0.4, -0.2) is 17.6 Å². The summed E-state index contributed by atoms with van der Waals surface area (Å²) >= 11 is 4.74. The monoisotopic (exact) mass is 289 g/mol. The smallest absolute Gasteiger partial charge is 0.354 e. The predicted molar refractivity (Wildman–Crippen MR) is 83.2 cm³/mol. The molecule has 0 saturated carbocycles. The summed E-state index contributed by atoms with van der Waals surface area (Å²) in [4.78, 5) is 14.8. The highest BCUT2D eigenvalue weighted by atomic mass is 32.1. The van der Waals surface area contributed by atoms with Gasteiger partial charge in [-0.2, -0.15) is 12.6 Å². The van der Waals surface area contributed by atoms with E-state index in [9.17, 15) is 4.79 Å². The quantitative estimate of drug-likeness (QED) is 0.652. The molecule has 1 unspecified atom stereocenters. The molecule has 0 aliphatic rings. The molecule has 0 fully saturated rings. The normalized spacial score (nSPS) is 13.8. The second kappa shape index (κ2) is 6.18. The SMILES string of the molecule is CCOC(=O)c1ccc(C(C)(S)Cc2ccccc2)[nH]1. The van der Waals surface area contributed by atoms with Crippen LogP contribution in [0.2, 0.25) is 0 Å². The maximum Gasteiger partial charge on any atom is 0.354 e. The van der Waals surface area contributed by atoms with E-state index in [0.717, 1.165) is 12.1 Å². The zero-order chi connectivity index (χ0) is 14.6. The van der Waals surface area contributed by atoms with E-state index >= 15 is 0 Å². The Balaban J connectivity index is 2.15. The van der Waals surface area contributed by atoms with Gasteiger partial charge in [-0.05, 0) is 38.0 Å². The molecule has 0 aliphatic heterocycles. The first-order valence-corrected chi connectivity index (χ1v) is 7.10. The number of carbonyl (C=O) groups is 1. The molecule has 2 aromatic rings. The van der Waals surface area contributed by atoms with E-state index in [1.807, 2.05) is 31.2 Å². The third-order valence-corrected chi connectivity index (χ3v) is 3.55. The number of thiol groups is 1. The fourth-order valence-electron chi connectivity index (χ4n) is 2.13.